The number of nitrogens with zero attached hydrogens (tertiary/aromatic N) is 2. The Kier molecular flexibility index (Phi) is 7.11. The Hall–Kier alpha value is -1.76. The number of unbranched alkanes of at least 4 members (excludes halogenated alkanes) is 1. The van der Waals surface area contributed by atoms with Gasteiger partial charge in [0, 0.05) is 31.7 Å². The van der Waals surface area contributed by atoms with Gasteiger partial charge in [0.2, 0.25) is 15.9 Å². The lowest BCUT2D eigenvalue weighted by atomic mass is 10.2. The molecule has 1 fully saturated rings. The molecule has 6 nitrogen and oxygen atoms in total. The molecular weight excluding hydrogens is 338 g/mol. The van der Waals surface area contributed by atoms with E-state index in [0.29, 0.717) is 18.7 Å². The second-order valence-corrected chi connectivity index (χ2v) is 8.41. The van der Waals surface area contributed by atoms with Crippen LogP contribution in [0, 0.1) is 0 Å². The summed E-state index contributed by atoms with van der Waals surface area (Å²) in [6.07, 6.45) is 5.90. The van der Waals surface area contributed by atoms with E-state index in [1.165, 1.54) is 23.4 Å². The van der Waals surface area contributed by atoms with Crippen molar-refractivity contribution in [2.75, 3.05) is 41.6 Å². The molecule has 0 unspecified atom stereocenters. The molecule has 1 aromatic carbocycles. The quantitative estimate of drug-likeness (QED) is 0.727. The average Bonchev–Trinajstić information content (AvgIpc) is 3.10. The summed E-state index contributed by atoms with van der Waals surface area (Å²) >= 11 is 0. The van der Waals surface area contributed by atoms with Crippen LogP contribution in [0.15, 0.2) is 24.3 Å². The molecular formula is C18H29N3O3S. The molecule has 0 saturated carbocycles. The van der Waals surface area contributed by atoms with Gasteiger partial charge < -0.3 is 10.2 Å². The predicted octanol–water partition coefficient (Wildman–Crippen LogP) is 2.36. The summed E-state index contributed by atoms with van der Waals surface area (Å²) in [5, 5.41) is 2.79. The van der Waals surface area contributed by atoms with Gasteiger partial charge in [-0.3, -0.25) is 9.10 Å². The summed E-state index contributed by atoms with van der Waals surface area (Å²) in [6.45, 7) is 4.69. The number of rotatable bonds is 9. The number of anilines is 2. The lowest BCUT2D eigenvalue weighted by Crippen LogP contribution is -2.38. The molecule has 1 aliphatic rings. The molecule has 0 aliphatic carbocycles. The third-order valence-corrected chi connectivity index (χ3v) is 5.60. The Morgan fingerprint density at radius 2 is 1.84 bits per heavy atom. The zero-order chi connectivity index (χ0) is 18.3. The SMILES string of the molecule is CCCCC(=O)NCCN(c1ccc(N2CCCC2)cc1)S(C)(=O)=O. The first-order valence-electron chi connectivity index (χ1n) is 9.01. The van der Waals surface area contributed by atoms with Gasteiger partial charge in [-0.2, -0.15) is 0 Å². The molecule has 1 amide bonds. The highest BCUT2D eigenvalue weighted by Crippen LogP contribution is 2.24. The molecule has 1 heterocycles. The van der Waals surface area contributed by atoms with Gasteiger partial charge in [0.1, 0.15) is 0 Å². The van der Waals surface area contributed by atoms with Crippen molar-refractivity contribution in [2.45, 2.75) is 39.0 Å². The van der Waals surface area contributed by atoms with Crippen LogP contribution < -0.4 is 14.5 Å². The zero-order valence-electron chi connectivity index (χ0n) is 15.2. The number of carbonyl (C=O) groups is 1. The van der Waals surface area contributed by atoms with Gasteiger partial charge in [-0.25, -0.2) is 8.42 Å². The van der Waals surface area contributed by atoms with Crippen molar-refractivity contribution in [2.24, 2.45) is 0 Å². The van der Waals surface area contributed by atoms with Crippen LogP contribution >= 0.6 is 0 Å². The second-order valence-electron chi connectivity index (χ2n) is 6.50. The lowest BCUT2D eigenvalue weighted by Gasteiger charge is -2.24. The van der Waals surface area contributed by atoms with E-state index in [-0.39, 0.29) is 12.5 Å². The van der Waals surface area contributed by atoms with Crippen LogP contribution in [0.25, 0.3) is 0 Å². The first kappa shape index (κ1) is 19.6. The number of sulfonamides is 1. The van der Waals surface area contributed by atoms with Crippen LogP contribution in [0.2, 0.25) is 0 Å². The molecule has 0 bridgehead atoms. The average molecular weight is 368 g/mol. The summed E-state index contributed by atoms with van der Waals surface area (Å²) in [7, 11) is -3.40. The van der Waals surface area contributed by atoms with Crippen LogP contribution in [-0.2, 0) is 14.8 Å². The van der Waals surface area contributed by atoms with E-state index in [0.717, 1.165) is 31.6 Å². The Bertz CT molecular complexity index is 653. The van der Waals surface area contributed by atoms with Crippen LogP contribution in [0.5, 0.6) is 0 Å². The summed E-state index contributed by atoms with van der Waals surface area (Å²) in [5.74, 6) is -0.0281. The van der Waals surface area contributed by atoms with Gasteiger partial charge in [-0.05, 0) is 43.5 Å². The molecule has 2 rings (SSSR count). The summed E-state index contributed by atoms with van der Waals surface area (Å²) in [6, 6.07) is 7.62. The molecule has 140 valence electrons. The lowest BCUT2D eigenvalue weighted by molar-refractivity contribution is -0.121. The molecule has 1 aliphatic heterocycles. The Morgan fingerprint density at radius 3 is 2.40 bits per heavy atom. The van der Waals surface area contributed by atoms with Crippen molar-refractivity contribution < 1.29 is 13.2 Å². The van der Waals surface area contributed by atoms with Crippen LogP contribution in [0.1, 0.15) is 39.0 Å². The zero-order valence-corrected chi connectivity index (χ0v) is 16.0. The first-order valence-corrected chi connectivity index (χ1v) is 10.9. The van der Waals surface area contributed by atoms with Crippen LogP contribution in [0.3, 0.4) is 0 Å². The van der Waals surface area contributed by atoms with Crippen molar-refractivity contribution >= 4 is 27.3 Å². The number of hydrogen-bond donors (Lipinski definition) is 1. The minimum absolute atomic E-state index is 0.0281. The van der Waals surface area contributed by atoms with Crippen molar-refractivity contribution in [3.63, 3.8) is 0 Å². The summed E-state index contributed by atoms with van der Waals surface area (Å²) < 4.78 is 25.6. The highest BCUT2D eigenvalue weighted by Gasteiger charge is 2.18. The van der Waals surface area contributed by atoms with E-state index < -0.39 is 10.0 Å². The van der Waals surface area contributed by atoms with Crippen molar-refractivity contribution in [3.05, 3.63) is 24.3 Å². The molecule has 1 N–H and O–H groups in total. The smallest absolute Gasteiger partial charge is 0.232 e. The van der Waals surface area contributed by atoms with Gasteiger partial charge in [0.25, 0.3) is 0 Å². The number of hydrogen-bond acceptors (Lipinski definition) is 4. The fourth-order valence-corrected chi connectivity index (χ4v) is 3.94. The van der Waals surface area contributed by atoms with E-state index in [1.54, 1.807) is 0 Å². The number of benzene rings is 1. The third kappa shape index (κ3) is 5.92. The van der Waals surface area contributed by atoms with E-state index >= 15 is 0 Å². The van der Waals surface area contributed by atoms with E-state index in [4.69, 9.17) is 0 Å². The maximum absolute atomic E-state index is 12.1. The number of nitrogens with one attached hydrogen (secondary N) is 1. The van der Waals surface area contributed by atoms with E-state index in [9.17, 15) is 13.2 Å². The number of carbonyl (C=O) groups excluding carboxylic acids is 1. The van der Waals surface area contributed by atoms with Crippen molar-refractivity contribution in [1.29, 1.82) is 0 Å². The molecule has 1 saturated heterocycles. The van der Waals surface area contributed by atoms with Gasteiger partial charge in [0.15, 0.2) is 0 Å². The predicted molar refractivity (Wildman–Crippen MR) is 103 cm³/mol. The topological polar surface area (TPSA) is 69.7 Å². The highest BCUT2D eigenvalue weighted by molar-refractivity contribution is 7.92. The monoisotopic (exact) mass is 367 g/mol. The maximum atomic E-state index is 12.1. The normalized spacial score (nSPS) is 14.6. The highest BCUT2D eigenvalue weighted by atomic mass is 32.2. The van der Waals surface area contributed by atoms with E-state index in [2.05, 4.69) is 10.2 Å². The first-order chi connectivity index (χ1) is 11.9. The summed E-state index contributed by atoms with van der Waals surface area (Å²) in [5.41, 5.74) is 1.76. The minimum Gasteiger partial charge on any atom is -0.372 e. The molecule has 1 aromatic rings. The molecule has 7 heteroatoms. The fourth-order valence-electron chi connectivity index (χ4n) is 3.01. The summed E-state index contributed by atoms with van der Waals surface area (Å²) in [4.78, 5) is 14.0. The van der Waals surface area contributed by atoms with E-state index in [1.807, 2.05) is 31.2 Å². The molecule has 0 atom stereocenters. The van der Waals surface area contributed by atoms with Crippen LogP contribution in [-0.4, -0.2) is 46.8 Å². The standard InChI is InChI=1S/C18H29N3O3S/c1-3-4-7-18(22)19-12-15-21(25(2,23)24)17-10-8-16(9-11-17)20-13-5-6-14-20/h8-11H,3-7,12-15H2,1-2H3,(H,19,22). The maximum Gasteiger partial charge on any atom is 0.232 e. The number of amides is 1. The Labute approximate surface area is 151 Å². The van der Waals surface area contributed by atoms with Crippen LogP contribution in [0.4, 0.5) is 11.4 Å². The Morgan fingerprint density at radius 1 is 1.20 bits per heavy atom. The molecule has 0 radical (unpaired) electrons. The second kappa shape index (κ2) is 9.08. The van der Waals surface area contributed by atoms with Gasteiger partial charge >= 0.3 is 0 Å². The van der Waals surface area contributed by atoms with Gasteiger partial charge in [0.05, 0.1) is 18.5 Å². The Balaban J connectivity index is 1.98. The van der Waals surface area contributed by atoms with Gasteiger partial charge in [-0.15, -0.1) is 0 Å². The van der Waals surface area contributed by atoms with Gasteiger partial charge in [-0.1, -0.05) is 13.3 Å². The molecule has 25 heavy (non-hydrogen) atoms. The minimum atomic E-state index is -3.40. The molecule has 0 aromatic heterocycles. The fraction of sp³-hybridized carbons (Fsp3) is 0.611. The largest absolute Gasteiger partial charge is 0.372 e. The van der Waals surface area contributed by atoms with Crippen molar-refractivity contribution in [1.82, 2.24) is 5.32 Å². The third-order valence-electron chi connectivity index (χ3n) is 4.40. The molecule has 0 spiro atoms. The van der Waals surface area contributed by atoms with Crippen molar-refractivity contribution in [3.8, 4) is 0 Å².